The van der Waals surface area contributed by atoms with Crippen LogP contribution in [0, 0.1) is 0 Å². The van der Waals surface area contributed by atoms with E-state index in [1.807, 2.05) is 0 Å². The molecule has 2 aromatic rings. The fourth-order valence-electron chi connectivity index (χ4n) is 1.07. The minimum atomic E-state index is -0.979. The largest absolute Gasteiger partial charge is 0.477 e. The summed E-state index contributed by atoms with van der Waals surface area (Å²) in [5, 5.41) is 10.9. The number of nitrogens with zero attached hydrogens (tertiary/aromatic N) is 1. The maximum Gasteiger partial charge on any atom is 0.346 e. The number of aromatic nitrogens is 1. The van der Waals surface area contributed by atoms with Crippen LogP contribution >= 0.6 is 38.9 Å². The van der Waals surface area contributed by atoms with Gasteiger partial charge in [-0.2, -0.15) is 0 Å². The maximum atomic E-state index is 10.7. The molecule has 0 aromatic carbocycles. The Morgan fingerprint density at radius 2 is 2.29 bits per heavy atom. The van der Waals surface area contributed by atoms with Crippen molar-refractivity contribution in [1.82, 2.24) is 4.98 Å². The molecule has 2 heterocycles. The molecule has 7 heteroatoms. The Hall–Kier alpha value is -1.11. The predicted octanol–water partition coefficient (Wildman–Crippen LogP) is 4.05. The topological polar surface area (TPSA) is 59.4 Å². The van der Waals surface area contributed by atoms with Gasteiger partial charge < -0.3 is 9.84 Å². The van der Waals surface area contributed by atoms with Gasteiger partial charge >= 0.3 is 5.97 Å². The van der Waals surface area contributed by atoms with Gasteiger partial charge in [0.1, 0.15) is 10.6 Å². The lowest BCUT2D eigenvalue weighted by Crippen LogP contribution is -1.91. The molecule has 4 nitrogen and oxygen atoms in total. The van der Waals surface area contributed by atoms with E-state index in [1.54, 1.807) is 11.4 Å². The monoisotopic (exact) mass is 333 g/mol. The third-order valence-electron chi connectivity index (χ3n) is 1.77. The molecule has 0 unspecified atom stereocenters. The van der Waals surface area contributed by atoms with E-state index in [2.05, 4.69) is 20.9 Å². The minimum absolute atomic E-state index is 0.213. The van der Waals surface area contributed by atoms with Gasteiger partial charge in [-0.25, -0.2) is 9.78 Å². The molecule has 0 amide bonds. The van der Waals surface area contributed by atoms with Crippen LogP contribution in [0.25, 0.3) is 0 Å². The van der Waals surface area contributed by atoms with Gasteiger partial charge in [-0.15, -0.1) is 11.3 Å². The number of hydrogen-bond acceptors (Lipinski definition) is 4. The summed E-state index contributed by atoms with van der Waals surface area (Å²) < 4.78 is 6.03. The summed E-state index contributed by atoms with van der Waals surface area (Å²) in [5.41, 5.74) is 0. The number of carboxylic acid groups (broad SMARTS) is 1. The summed E-state index contributed by atoms with van der Waals surface area (Å²) in [5.74, 6) is -0.208. The third kappa shape index (κ3) is 2.96. The van der Waals surface area contributed by atoms with Crippen LogP contribution in [0.15, 0.2) is 28.2 Å². The van der Waals surface area contributed by atoms with Gasteiger partial charge in [0.2, 0.25) is 5.88 Å². The summed E-state index contributed by atoms with van der Waals surface area (Å²) in [7, 11) is 0. The highest BCUT2D eigenvalue weighted by atomic mass is 79.9. The van der Waals surface area contributed by atoms with E-state index in [9.17, 15) is 4.79 Å². The molecule has 0 bridgehead atoms. The molecular formula is C10H5BrClNO3S. The Morgan fingerprint density at radius 1 is 1.53 bits per heavy atom. The molecule has 0 saturated carbocycles. The Kier molecular flexibility index (Phi) is 3.66. The molecule has 2 aromatic heterocycles. The van der Waals surface area contributed by atoms with E-state index in [0.717, 1.165) is 11.3 Å². The number of ether oxygens (including phenoxy) is 1. The first-order valence-corrected chi connectivity index (χ1v) is 6.42. The van der Waals surface area contributed by atoms with Crippen LogP contribution < -0.4 is 4.74 Å². The van der Waals surface area contributed by atoms with E-state index in [4.69, 9.17) is 21.4 Å². The van der Waals surface area contributed by atoms with Gasteiger partial charge in [0.15, 0.2) is 0 Å². The van der Waals surface area contributed by atoms with Crippen LogP contribution in [0.4, 0.5) is 0 Å². The lowest BCUT2D eigenvalue weighted by Gasteiger charge is -2.03. The molecule has 1 N–H and O–H groups in total. The van der Waals surface area contributed by atoms with E-state index in [-0.39, 0.29) is 4.88 Å². The summed E-state index contributed by atoms with van der Waals surface area (Å²) in [6.45, 7) is 0. The number of halogens is 2. The molecule has 17 heavy (non-hydrogen) atoms. The lowest BCUT2D eigenvalue weighted by molar-refractivity contribution is 0.0702. The Morgan fingerprint density at radius 3 is 2.88 bits per heavy atom. The van der Waals surface area contributed by atoms with Crippen LogP contribution in [-0.2, 0) is 0 Å². The van der Waals surface area contributed by atoms with Crippen molar-refractivity contribution in [2.24, 2.45) is 0 Å². The van der Waals surface area contributed by atoms with Gasteiger partial charge in [0, 0.05) is 17.6 Å². The number of carboxylic acids is 1. The molecule has 2 rings (SSSR count). The minimum Gasteiger partial charge on any atom is -0.477 e. The maximum absolute atomic E-state index is 10.7. The quantitative estimate of drug-likeness (QED) is 0.920. The average Bonchev–Trinajstić information content (AvgIpc) is 2.71. The van der Waals surface area contributed by atoms with Gasteiger partial charge in [-0.3, -0.25) is 0 Å². The average molecular weight is 335 g/mol. The van der Waals surface area contributed by atoms with Crippen molar-refractivity contribution in [3.05, 3.63) is 38.1 Å². The van der Waals surface area contributed by atoms with Gasteiger partial charge in [0.05, 0.1) is 9.50 Å². The standard InChI is InChI=1S/C10H5BrClNO3S/c11-7-1-5(12)3-13-9(7)16-6-2-8(10(14)15)17-4-6/h1-4H,(H,14,15). The van der Waals surface area contributed by atoms with Crippen molar-refractivity contribution >= 4 is 44.8 Å². The van der Waals surface area contributed by atoms with Crippen molar-refractivity contribution in [3.8, 4) is 11.6 Å². The zero-order valence-electron chi connectivity index (χ0n) is 8.18. The summed E-state index contributed by atoms with van der Waals surface area (Å²) in [6.07, 6.45) is 1.45. The molecule has 0 fully saturated rings. The zero-order valence-corrected chi connectivity index (χ0v) is 11.3. The molecule has 0 aliphatic carbocycles. The van der Waals surface area contributed by atoms with Crippen LogP contribution in [-0.4, -0.2) is 16.1 Å². The summed E-state index contributed by atoms with van der Waals surface area (Å²) in [4.78, 5) is 14.9. The second-order valence-corrected chi connectivity index (χ2v) is 5.20. The van der Waals surface area contributed by atoms with E-state index in [0.29, 0.717) is 21.1 Å². The molecule has 88 valence electrons. The highest BCUT2D eigenvalue weighted by Gasteiger charge is 2.10. The van der Waals surface area contributed by atoms with Crippen molar-refractivity contribution in [1.29, 1.82) is 0 Å². The number of aromatic carboxylic acids is 1. The van der Waals surface area contributed by atoms with Crippen LogP contribution in [0.2, 0.25) is 5.02 Å². The van der Waals surface area contributed by atoms with Gasteiger partial charge in [0.25, 0.3) is 0 Å². The predicted molar refractivity (Wildman–Crippen MR) is 68.3 cm³/mol. The molecule has 0 atom stereocenters. The highest BCUT2D eigenvalue weighted by Crippen LogP contribution is 2.31. The lowest BCUT2D eigenvalue weighted by atomic mass is 10.4. The molecule has 0 saturated heterocycles. The summed E-state index contributed by atoms with van der Waals surface area (Å²) in [6, 6.07) is 3.09. The van der Waals surface area contributed by atoms with Crippen LogP contribution in [0.1, 0.15) is 9.67 Å². The van der Waals surface area contributed by atoms with E-state index in [1.165, 1.54) is 12.3 Å². The van der Waals surface area contributed by atoms with Crippen molar-refractivity contribution in [3.63, 3.8) is 0 Å². The SMILES string of the molecule is O=C(O)c1cc(Oc2ncc(Cl)cc2Br)cs1. The molecule has 0 aliphatic heterocycles. The first-order valence-electron chi connectivity index (χ1n) is 4.37. The smallest absolute Gasteiger partial charge is 0.346 e. The fraction of sp³-hybridized carbons (Fsp3) is 0. The summed E-state index contributed by atoms with van der Waals surface area (Å²) >= 11 is 10.1. The first-order chi connectivity index (χ1) is 8.06. The Balaban J connectivity index is 2.22. The number of hydrogen-bond donors (Lipinski definition) is 1. The Labute approximate surface area is 114 Å². The van der Waals surface area contributed by atoms with Crippen molar-refractivity contribution in [2.75, 3.05) is 0 Å². The molecule has 0 radical (unpaired) electrons. The van der Waals surface area contributed by atoms with E-state index < -0.39 is 5.97 Å². The first kappa shape index (κ1) is 12.3. The van der Waals surface area contributed by atoms with Gasteiger partial charge in [-0.1, -0.05) is 11.6 Å². The fourth-order valence-corrected chi connectivity index (χ4v) is 2.44. The molecular weight excluding hydrogens is 330 g/mol. The second kappa shape index (κ2) is 5.03. The third-order valence-corrected chi connectivity index (χ3v) is 3.45. The van der Waals surface area contributed by atoms with Crippen LogP contribution in [0.5, 0.6) is 11.6 Å². The molecule has 0 spiro atoms. The van der Waals surface area contributed by atoms with E-state index >= 15 is 0 Å². The zero-order chi connectivity index (χ0) is 12.4. The molecule has 0 aliphatic rings. The number of carbonyl (C=O) groups is 1. The second-order valence-electron chi connectivity index (χ2n) is 2.99. The van der Waals surface area contributed by atoms with Crippen LogP contribution in [0.3, 0.4) is 0 Å². The van der Waals surface area contributed by atoms with Crippen molar-refractivity contribution < 1.29 is 14.6 Å². The number of pyridine rings is 1. The van der Waals surface area contributed by atoms with Crippen molar-refractivity contribution in [2.45, 2.75) is 0 Å². The number of thiophene rings is 1. The normalized spacial score (nSPS) is 10.2. The highest BCUT2D eigenvalue weighted by molar-refractivity contribution is 9.10. The Bertz CT molecular complexity index is 572. The van der Waals surface area contributed by atoms with Gasteiger partial charge in [-0.05, 0) is 22.0 Å². The number of rotatable bonds is 3.